The smallest absolute Gasteiger partial charge is 0.352 e. The van der Waals surface area contributed by atoms with Crippen molar-refractivity contribution < 1.29 is 9.53 Å². The van der Waals surface area contributed by atoms with Crippen LogP contribution in [-0.4, -0.2) is 32.2 Å². The van der Waals surface area contributed by atoms with Crippen LogP contribution in [0.3, 0.4) is 0 Å². The molecule has 1 amide bonds. The fourth-order valence-corrected chi connectivity index (χ4v) is 5.56. The highest BCUT2D eigenvalue weighted by atomic mass is 32.1. The van der Waals surface area contributed by atoms with Crippen LogP contribution in [0, 0.1) is 12.8 Å². The van der Waals surface area contributed by atoms with Crippen molar-refractivity contribution in [2.75, 3.05) is 12.4 Å². The molecule has 0 saturated carbocycles. The molecule has 1 atom stereocenters. The van der Waals surface area contributed by atoms with E-state index in [0.29, 0.717) is 23.0 Å². The molecular formula is C22H23N5O3S. The number of anilines is 1. The summed E-state index contributed by atoms with van der Waals surface area (Å²) in [5, 5.41) is 8.30. The van der Waals surface area contributed by atoms with Crippen molar-refractivity contribution in [3.8, 4) is 5.75 Å². The minimum absolute atomic E-state index is 0.192. The zero-order chi connectivity index (χ0) is 21.7. The highest BCUT2D eigenvalue weighted by Crippen LogP contribution is 2.38. The highest BCUT2D eigenvalue weighted by molar-refractivity contribution is 7.19. The van der Waals surface area contributed by atoms with Gasteiger partial charge in [-0.25, -0.2) is 18.9 Å². The molecule has 9 heteroatoms. The first-order valence-electron chi connectivity index (χ1n) is 10.3. The number of methoxy groups -OCH3 is 1. The maximum absolute atomic E-state index is 12.9. The van der Waals surface area contributed by atoms with Gasteiger partial charge in [-0.15, -0.1) is 16.4 Å². The molecule has 0 unspecified atom stereocenters. The Morgan fingerprint density at radius 3 is 3.03 bits per heavy atom. The van der Waals surface area contributed by atoms with E-state index >= 15 is 0 Å². The predicted molar refractivity (Wildman–Crippen MR) is 120 cm³/mol. The standard InChI is InChI=1S/C22H23N5O3S/c1-12-5-7-16(30-3)15(8-12)24-18(28)10-27-22(29)26-11-23-21-19(20(26)25-27)14-6-4-13(2)9-17(14)31-21/h5,7-8,11,13H,4,6,9-10H2,1-3H3,(H,24,28)/t13-/m0/s1. The van der Waals surface area contributed by atoms with E-state index in [2.05, 4.69) is 22.3 Å². The fraction of sp³-hybridized carbons (Fsp3) is 0.364. The van der Waals surface area contributed by atoms with E-state index in [9.17, 15) is 9.59 Å². The number of benzene rings is 1. The quantitative estimate of drug-likeness (QED) is 0.530. The second-order valence-corrected chi connectivity index (χ2v) is 9.25. The van der Waals surface area contributed by atoms with Crippen molar-refractivity contribution in [3.05, 3.63) is 51.0 Å². The van der Waals surface area contributed by atoms with Gasteiger partial charge >= 0.3 is 5.69 Å². The lowest BCUT2D eigenvalue weighted by Gasteiger charge is -2.17. The predicted octanol–water partition coefficient (Wildman–Crippen LogP) is 3.19. The topological polar surface area (TPSA) is 90.5 Å². The summed E-state index contributed by atoms with van der Waals surface area (Å²) in [6, 6.07) is 5.53. The van der Waals surface area contributed by atoms with Crippen LogP contribution in [0.4, 0.5) is 5.69 Å². The number of nitrogens with zero attached hydrogens (tertiary/aromatic N) is 4. The summed E-state index contributed by atoms with van der Waals surface area (Å²) in [5.74, 6) is 0.866. The zero-order valence-corrected chi connectivity index (χ0v) is 18.5. The largest absolute Gasteiger partial charge is 0.495 e. The number of nitrogens with one attached hydrogen (secondary N) is 1. The van der Waals surface area contributed by atoms with Crippen LogP contribution in [0.15, 0.2) is 29.3 Å². The third-order valence-electron chi connectivity index (χ3n) is 5.80. The lowest BCUT2D eigenvalue weighted by atomic mass is 9.89. The molecule has 5 rings (SSSR count). The van der Waals surface area contributed by atoms with Gasteiger partial charge in [0.05, 0.1) is 18.2 Å². The first kappa shape index (κ1) is 19.7. The average molecular weight is 438 g/mol. The van der Waals surface area contributed by atoms with Gasteiger partial charge < -0.3 is 10.1 Å². The van der Waals surface area contributed by atoms with Crippen molar-refractivity contribution >= 4 is 38.8 Å². The van der Waals surface area contributed by atoms with Gasteiger partial charge in [-0.3, -0.25) is 4.79 Å². The van der Waals surface area contributed by atoms with E-state index in [4.69, 9.17) is 4.74 Å². The molecule has 1 aromatic carbocycles. The first-order valence-corrected chi connectivity index (χ1v) is 11.1. The maximum Gasteiger partial charge on any atom is 0.352 e. The Kier molecular flexibility index (Phi) is 4.77. The summed E-state index contributed by atoms with van der Waals surface area (Å²) >= 11 is 1.69. The zero-order valence-electron chi connectivity index (χ0n) is 17.6. The van der Waals surface area contributed by atoms with Gasteiger partial charge in [0, 0.05) is 4.88 Å². The number of hydrogen-bond acceptors (Lipinski definition) is 6. The molecule has 1 aliphatic rings. The van der Waals surface area contributed by atoms with Crippen molar-refractivity contribution in [3.63, 3.8) is 0 Å². The Morgan fingerprint density at radius 2 is 2.23 bits per heavy atom. The molecule has 0 bridgehead atoms. The van der Waals surface area contributed by atoms with Crippen molar-refractivity contribution in [1.29, 1.82) is 0 Å². The molecule has 0 spiro atoms. The van der Waals surface area contributed by atoms with Crippen LogP contribution in [0.5, 0.6) is 5.75 Å². The minimum Gasteiger partial charge on any atom is -0.495 e. The van der Waals surface area contributed by atoms with E-state index < -0.39 is 0 Å². The molecule has 4 aromatic rings. The average Bonchev–Trinajstić information content (AvgIpc) is 3.25. The molecule has 0 radical (unpaired) electrons. The molecule has 8 nitrogen and oxygen atoms in total. The lowest BCUT2D eigenvalue weighted by molar-refractivity contribution is -0.117. The van der Waals surface area contributed by atoms with Gasteiger partial charge in [-0.05, 0) is 55.4 Å². The summed E-state index contributed by atoms with van der Waals surface area (Å²) in [5.41, 5.74) is 3.01. The molecule has 160 valence electrons. The summed E-state index contributed by atoms with van der Waals surface area (Å²) in [7, 11) is 1.55. The number of amides is 1. The summed E-state index contributed by atoms with van der Waals surface area (Å²) in [6.07, 6.45) is 4.63. The molecular weight excluding hydrogens is 414 g/mol. The van der Waals surface area contributed by atoms with E-state index in [0.717, 1.165) is 35.0 Å². The van der Waals surface area contributed by atoms with E-state index in [1.165, 1.54) is 25.9 Å². The van der Waals surface area contributed by atoms with Gasteiger partial charge in [0.1, 0.15) is 23.5 Å². The summed E-state index contributed by atoms with van der Waals surface area (Å²) < 4.78 is 7.95. The number of thiophene rings is 1. The second-order valence-electron chi connectivity index (χ2n) is 8.16. The number of aryl methyl sites for hydroxylation is 2. The maximum atomic E-state index is 12.9. The van der Waals surface area contributed by atoms with Crippen LogP contribution in [0.25, 0.3) is 15.9 Å². The summed E-state index contributed by atoms with van der Waals surface area (Å²) in [4.78, 5) is 32.3. The monoisotopic (exact) mass is 437 g/mol. The Bertz CT molecular complexity index is 1380. The molecule has 0 saturated heterocycles. The Labute approximate surface area is 182 Å². The molecule has 31 heavy (non-hydrogen) atoms. The minimum atomic E-state index is -0.375. The number of rotatable bonds is 4. The molecule has 0 fully saturated rings. The van der Waals surface area contributed by atoms with Gasteiger partial charge in [-0.1, -0.05) is 13.0 Å². The lowest BCUT2D eigenvalue weighted by Crippen LogP contribution is -2.28. The number of aromatic nitrogens is 4. The Balaban J connectivity index is 1.50. The van der Waals surface area contributed by atoms with E-state index in [1.54, 1.807) is 24.5 Å². The number of ether oxygens (including phenoxy) is 1. The van der Waals surface area contributed by atoms with Crippen LogP contribution in [0.2, 0.25) is 0 Å². The second kappa shape index (κ2) is 7.49. The number of hydrogen-bond donors (Lipinski definition) is 1. The van der Waals surface area contributed by atoms with Crippen LogP contribution in [-0.2, 0) is 24.2 Å². The highest BCUT2D eigenvalue weighted by Gasteiger charge is 2.24. The molecule has 0 aliphatic heterocycles. The fourth-order valence-electron chi connectivity index (χ4n) is 4.21. The van der Waals surface area contributed by atoms with Gasteiger partial charge in [0.2, 0.25) is 5.91 Å². The summed E-state index contributed by atoms with van der Waals surface area (Å²) in [6.45, 7) is 4.00. The van der Waals surface area contributed by atoms with Crippen LogP contribution >= 0.6 is 11.3 Å². The Hall–Kier alpha value is -3.20. The van der Waals surface area contributed by atoms with E-state index in [-0.39, 0.29) is 18.1 Å². The van der Waals surface area contributed by atoms with Crippen molar-refractivity contribution in [2.45, 2.75) is 39.7 Å². The SMILES string of the molecule is COc1ccc(C)cc1NC(=O)Cn1nc2c3c4c(sc3ncn2c1=O)C[C@@H](C)CC4. The Morgan fingerprint density at radius 1 is 1.39 bits per heavy atom. The third kappa shape index (κ3) is 3.38. The molecule has 3 heterocycles. The van der Waals surface area contributed by atoms with Gasteiger partial charge in [0.25, 0.3) is 0 Å². The number of carbonyl (C=O) groups excluding carboxylic acids is 1. The van der Waals surface area contributed by atoms with Crippen molar-refractivity contribution in [2.24, 2.45) is 5.92 Å². The normalized spacial score (nSPS) is 15.9. The third-order valence-corrected chi connectivity index (χ3v) is 6.96. The van der Waals surface area contributed by atoms with Gasteiger partial charge in [-0.2, -0.15) is 0 Å². The van der Waals surface area contributed by atoms with Gasteiger partial charge in [0.15, 0.2) is 5.65 Å². The van der Waals surface area contributed by atoms with E-state index in [1.807, 2.05) is 19.1 Å². The molecule has 1 N–H and O–H groups in total. The number of carbonyl (C=O) groups is 1. The van der Waals surface area contributed by atoms with Crippen LogP contribution < -0.4 is 15.7 Å². The number of fused-ring (bicyclic) bond motifs is 5. The molecule has 3 aromatic heterocycles. The first-order chi connectivity index (χ1) is 14.9. The van der Waals surface area contributed by atoms with Crippen molar-refractivity contribution in [1.82, 2.24) is 19.2 Å². The molecule has 1 aliphatic carbocycles. The van der Waals surface area contributed by atoms with Crippen LogP contribution in [0.1, 0.15) is 29.3 Å².